The van der Waals surface area contributed by atoms with Crippen LogP contribution in [0.2, 0.25) is 0 Å². The summed E-state index contributed by atoms with van der Waals surface area (Å²) in [6, 6.07) is 10.3. The van der Waals surface area contributed by atoms with Gasteiger partial charge in [-0.2, -0.15) is 19.3 Å². The molecule has 3 aliphatic heterocycles. The molecule has 3 aromatic rings. The molecular formula is C26H31N9O5S. The lowest BCUT2D eigenvalue weighted by Gasteiger charge is -2.45. The summed E-state index contributed by atoms with van der Waals surface area (Å²) in [5, 5.41) is 5.58. The van der Waals surface area contributed by atoms with Crippen LogP contribution < -0.4 is 20.4 Å². The van der Waals surface area contributed by atoms with E-state index < -0.39 is 10.0 Å². The summed E-state index contributed by atoms with van der Waals surface area (Å²) in [6.07, 6.45) is 3.87. The van der Waals surface area contributed by atoms with Gasteiger partial charge in [-0.05, 0) is 36.4 Å². The predicted molar refractivity (Wildman–Crippen MR) is 152 cm³/mol. The van der Waals surface area contributed by atoms with Crippen LogP contribution in [0.5, 0.6) is 0 Å². The highest BCUT2D eigenvalue weighted by Gasteiger charge is 2.39. The highest BCUT2D eigenvalue weighted by molar-refractivity contribution is 7.88. The Hall–Kier alpha value is -3.92. The molecule has 15 heteroatoms. The standard InChI is InChI=1S/C26H31N9O5S/c1-41(37,38)35-16-21-14-34(15-22(17-35)40-21)25-31-23(30-24(32-25)33-10-12-39-13-11-33)18-2-4-19(5-3-18)28-26(36)29-20-6-8-27-9-7-20/h2-9,21-22H,10-17H2,1H3,(H2,27,28,29,36). The number of pyridine rings is 1. The first-order valence-electron chi connectivity index (χ1n) is 13.3. The Balaban J connectivity index is 1.23. The molecule has 3 fully saturated rings. The largest absolute Gasteiger partial charge is 0.378 e. The average molecular weight is 582 g/mol. The van der Waals surface area contributed by atoms with Gasteiger partial charge in [-0.1, -0.05) is 0 Å². The Labute approximate surface area is 237 Å². The molecule has 2 bridgehead atoms. The maximum Gasteiger partial charge on any atom is 0.323 e. The van der Waals surface area contributed by atoms with Crippen LogP contribution in [0.4, 0.5) is 28.1 Å². The number of hydrogen-bond donors (Lipinski definition) is 2. The molecule has 2 atom stereocenters. The Bertz CT molecular complexity index is 1470. The summed E-state index contributed by atoms with van der Waals surface area (Å²) in [6.45, 7) is 4.01. The van der Waals surface area contributed by atoms with Gasteiger partial charge in [-0.25, -0.2) is 13.2 Å². The predicted octanol–water partition coefficient (Wildman–Crippen LogP) is 1.26. The van der Waals surface area contributed by atoms with Crippen molar-refractivity contribution >= 4 is 39.3 Å². The van der Waals surface area contributed by atoms with Gasteiger partial charge in [0.2, 0.25) is 21.9 Å². The molecule has 2 amide bonds. The summed E-state index contributed by atoms with van der Waals surface area (Å²) in [5.74, 6) is 1.57. The minimum Gasteiger partial charge on any atom is -0.378 e. The topological polar surface area (TPSA) is 155 Å². The lowest BCUT2D eigenvalue weighted by atomic mass is 10.1. The van der Waals surface area contributed by atoms with Crippen LogP contribution in [-0.2, 0) is 19.5 Å². The molecule has 0 spiro atoms. The fourth-order valence-corrected chi connectivity index (χ4v) is 5.92. The van der Waals surface area contributed by atoms with Crippen molar-refractivity contribution in [1.82, 2.24) is 24.2 Å². The molecule has 14 nitrogen and oxygen atoms in total. The molecule has 1 aromatic carbocycles. The first kappa shape index (κ1) is 27.3. The third-order valence-electron chi connectivity index (χ3n) is 7.04. The van der Waals surface area contributed by atoms with Crippen molar-refractivity contribution in [1.29, 1.82) is 0 Å². The molecule has 5 heterocycles. The molecule has 3 saturated heterocycles. The third-order valence-corrected chi connectivity index (χ3v) is 8.28. The molecule has 2 N–H and O–H groups in total. The van der Waals surface area contributed by atoms with Crippen LogP contribution >= 0.6 is 0 Å². The number of aromatic nitrogens is 4. The number of sulfonamides is 1. The fraction of sp³-hybridized carbons (Fsp3) is 0.423. The van der Waals surface area contributed by atoms with Crippen molar-refractivity contribution < 1.29 is 22.7 Å². The highest BCUT2D eigenvalue weighted by atomic mass is 32.2. The van der Waals surface area contributed by atoms with E-state index in [9.17, 15) is 13.2 Å². The number of rotatable bonds is 6. The number of fused-ring (bicyclic) bond motifs is 2. The minimum atomic E-state index is -3.30. The van der Waals surface area contributed by atoms with E-state index >= 15 is 0 Å². The van der Waals surface area contributed by atoms with E-state index in [4.69, 9.17) is 24.4 Å². The second-order valence-corrected chi connectivity index (χ2v) is 12.1. The van der Waals surface area contributed by atoms with Gasteiger partial charge in [-0.15, -0.1) is 0 Å². The second kappa shape index (κ2) is 11.5. The van der Waals surface area contributed by atoms with E-state index in [-0.39, 0.29) is 18.2 Å². The zero-order valence-corrected chi connectivity index (χ0v) is 23.3. The Morgan fingerprint density at radius 1 is 0.829 bits per heavy atom. The van der Waals surface area contributed by atoms with Crippen molar-refractivity contribution in [2.75, 3.05) is 79.2 Å². The Kier molecular flexibility index (Phi) is 7.66. The number of urea groups is 1. The number of ether oxygens (including phenoxy) is 2. The van der Waals surface area contributed by atoms with Crippen LogP contribution in [0.25, 0.3) is 11.4 Å². The highest BCUT2D eigenvalue weighted by Crippen LogP contribution is 2.27. The minimum absolute atomic E-state index is 0.284. The number of carbonyl (C=O) groups is 1. The smallest absolute Gasteiger partial charge is 0.323 e. The van der Waals surface area contributed by atoms with Crippen molar-refractivity contribution in [2.45, 2.75) is 12.2 Å². The summed E-state index contributed by atoms with van der Waals surface area (Å²) < 4.78 is 37.3. The summed E-state index contributed by atoms with van der Waals surface area (Å²) in [5.41, 5.74) is 2.01. The first-order valence-corrected chi connectivity index (χ1v) is 15.2. The molecule has 2 aromatic heterocycles. The number of nitrogens with one attached hydrogen (secondary N) is 2. The first-order chi connectivity index (χ1) is 19.8. The van der Waals surface area contributed by atoms with Gasteiger partial charge in [0.1, 0.15) is 0 Å². The fourth-order valence-electron chi connectivity index (χ4n) is 5.05. The van der Waals surface area contributed by atoms with E-state index in [1.165, 1.54) is 10.6 Å². The molecule has 0 saturated carbocycles. The molecule has 2 unspecified atom stereocenters. The maximum absolute atomic E-state index is 12.4. The lowest BCUT2D eigenvalue weighted by molar-refractivity contribution is -0.0733. The van der Waals surface area contributed by atoms with Gasteiger partial charge < -0.3 is 29.9 Å². The van der Waals surface area contributed by atoms with Crippen molar-refractivity contribution in [3.05, 3.63) is 48.8 Å². The Morgan fingerprint density at radius 3 is 2.02 bits per heavy atom. The number of amides is 2. The third kappa shape index (κ3) is 6.53. The van der Waals surface area contributed by atoms with E-state index in [2.05, 4.69) is 20.5 Å². The van der Waals surface area contributed by atoms with Crippen LogP contribution in [0.1, 0.15) is 0 Å². The van der Waals surface area contributed by atoms with Crippen molar-refractivity contribution in [2.24, 2.45) is 0 Å². The van der Waals surface area contributed by atoms with Gasteiger partial charge in [0.25, 0.3) is 0 Å². The number of morpholine rings is 3. The number of benzene rings is 1. The van der Waals surface area contributed by atoms with Gasteiger partial charge in [-0.3, -0.25) is 4.98 Å². The number of anilines is 4. The maximum atomic E-state index is 12.4. The van der Waals surface area contributed by atoms with Gasteiger partial charge in [0.05, 0.1) is 31.7 Å². The van der Waals surface area contributed by atoms with Crippen LogP contribution in [0.15, 0.2) is 48.8 Å². The average Bonchev–Trinajstić information content (AvgIpc) is 2.97. The van der Waals surface area contributed by atoms with E-state index in [1.807, 2.05) is 17.0 Å². The second-order valence-electron chi connectivity index (χ2n) is 10.1. The molecule has 3 aliphatic rings. The van der Waals surface area contributed by atoms with E-state index in [0.717, 1.165) is 5.56 Å². The van der Waals surface area contributed by atoms with Gasteiger partial charge >= 0.3 is 6.03 Å². The molecule has 6 rings (SSSR count). The summed E-state index contributed by atoms with van der Waals surface area (Å²) in [7, 11) is -3.30. The number of hydrogen-bond acceptors (Lipinski definition) is 11. The van der Waals surface area contributed by atoms with E-state index in [0.29, 0.717) is 81.6 Å². The normalized spacial score (nSPS) is 21.4. The molecular weight excluding hydrogens is 550 g/mol. The zero-order valence-electron chi connectivity index (χ0n) is 22.5. The van der Waals surface area contributed by atoms with Gasteiger partial charge in [0.15, 0.2) is 5.82 Å². The quantitative estimate of drug-likeness (QED) is 0.432. The monoisotopic (exact) mass is 581 g/mol. The lowest BCUT2D eigenvalue weighted by Crippen LogP contribution is -2.60. The summed E-state index contributed by atoms with van der Waals surface area (Å²) >= 11 is 0. The van der Waals surface area contributed by atoms with E-state index in [1.54, 1.807) is 36.7 Å². The van der Waals surface area contributed by atoms with Crippen LogP contribution in [-0.4, -0.2) is 110 Å². The number of nitrogens with zero attached hydrogens (tertiary/aromatic N) is 7. The number of carbonyl (C=O) groups excluding carboxylic acids is 1. The van der Waals surface area contributed by atoms with Crippen molar-refractivity contribution in [3.63, 3.8) is 0 Å². The van der Waals surface area contributed by atoms with Gasteiger partial charge in [0, 0.05) is 68.6 Å². The molecule has 216 valence electrons. The molecule has 0 aliphatic carbocycles. The zero-order chi connectivity index (χ0) is 28.4. The Morgan fingerprint density at radius 2 is 1.41 bits per heavy atom. The SMILES string of the molecule is CS(=O)(=O)N1CC2CN(c3nc(-c4ccc(NC(=O)Nc5ccncc5)cc4)nc(N4CCOCC4)n3)CC(C1)O2. The van der Waals surface area contributed by atoms with Crippen LogP contribution in [0.3, 0.4) is 0 Å². The molecule has 0 radical (unpaired) electrons. The van der Waals surface area contributed by atoms with Crippen molar-refractivity contribution in [3.8, 4) is 11.4 Å². The molecule has 41 heavy (non-hydrogen) atoms. The summed E-state index contributed by atoms with van der Waals surface area (Å²) in [4.78, 5) is 34.9. The van der Waals surface area contributed by atoms with Crippen LogP contribution in [0, 0.1) is 0 Å².